The summed E-state index contributed by atoms with van der Waals surface area (Å²) < 4.78 is 7.20. The van der Waals surface area contributed by atoms with Gasteiger partial charge in [-0.1, -0.05) is 42.5 Å². The molecule has 28 heavy (non-hydrogen) atoms. The lowest BCUT2D eigenvalue weighted by Crippen LogP contribution is -2.43. The van der Waals surface area contributed by atoms with Gasteiger partial charge in [0.1, 0.15) is 12.1 Å². The predicted molar refractivity (Wildman–Crippen MR) is 105 cm³/mol. The van der Waals surface area contributed by atoms with Gasteiger partial charge >= 0.3 is 0 Å². The smallest absolute Gasteiger partial charge is 0.233 e. The molecule has 2 heterocycles. The molecule has 0 saturated heterocycles. The van der Waals surface area contributed by atoms with E-state index >= 15 is 0 Å². The second-order valence-corrected chi connectivity index (χ2v) is 7.44. The second-order valence-electron chi connectivity index (χ2n) is 7.44. The van der Waals surface area contributed by atoms with Crippen LogP contribution in [0.2, 0.25) is 0 Å². The summed E-state index contributed by atoms with van der Waals surface area (Å²) in [5, 5.41) is 4.47. The van der Waals surface area contributed by atoms with Crippen LogP contribution in [-0.2, 0) is 4.79 Å². The highest BCUT2D eigenvalue weighted by molar-refractivity contribution is 5.96. The van der Waals surface area contributed by atoms with E-state index in [2.05, 4.69) is 22.2 Å². The van der Waals surface area contributed by atoms with E-state index < -0.39 is 0 Å². The Morgan fingerprint density at radius 3 is 2.39 bits per heavy atom. The van der Waals surface area contributed by atoms with Crippen molar-refractivity contribution >= 4 is 11.9 Å². The van der Waals surface area contributed by atoms with Crippen molar-refractivity contribution in [1.82, 2.24) is 14.8 Å². The van der Waals surface area contributed by atoms with Gasteiger partial charge in [0.15, 0.2) is 0 Å². The van der Waals surface area contributed by atoms with Crippen molar-refractivity contribution in [2.75, 3.05) is 12.0 Å². The van der Waals surface area contributed by atoms with Crippen LogP contribution >= 0.6 is 0 Å². The molecule has 5 rings (SSSR count). The summed E-state index contributed by atoms with van der Waals surface area (Å²) in [6.45, 7) is 0. The summed E-state index contributed by atoms with van der Waals surface area (Å²) in [6.07, 6.45) is 4.22. The molecule has 0 radical (unpaired) electrons. The molecule has 0 spiro atoms. The first-order chi connectivity index (χ1) is 13.8. The first kappa shape index (κ1) is 17.0. The highest BCUT2D eigenvalue weighted by Gasteiger charge is 2.44. The maximum Gasteiger partial charge on any atom is 0.233 e. The number of amides is 1. The molecule has 0 bridgehead atoms. The number of fused-ring (bicyclic) bond motifs is 1. The van der Waals surface area contributed by atoms with Crippen LogP contribution in [-0.4, -0.2) is 27.8 Å². The largest absolute Gasteiger partial charge is 0.497 e. The molecule has 2 aliphatic rings. The third-order valence-electron chi connectivity index (χ3n) is 5.67. The molecule has 142 valence electrons. The molecular weight excluding hydrogens is 352 g/mol. The molecule has 1 amide bonds. The molecule has 6 nitrogen and oxygen atoms in total. The number of hydrogen-bond acceptors (Lipinski definition) is 4. The summed E-state index contributed by atoms with van der Waals surface area (Å²) >= 11 is 0. The fourth-order valence-corrected chi connectivity index (χ4v) is 4.04. The van der Waals surface area contributed by atoms with Crippen LogP contribution in [0.5, 0.6) is 5.75 Å². The molecular formula is C22H22N4O2. The minimum absolute atomic E-state index is 0.0362. The van der Waals surface area contributed by atoms with Crippen LogP contribution in [0.25, 0.3) is 0 Å². The molecule has 3 aromatic rings. The molecule has 1 aromatic heterocycles. The average molecular weight is 374 g/mol. The molecule has 2 aromatic carbocycles. The minimum atomic E-state index is -0.0825. The highest BCUT2D eigenvalue weighted by Crippen LogP contribution is 2.44. The Hall–Kier alpha value is -3.15. The maximum atomic E-state index is 13.2. The van der Waals surface area contributed by atoms with Crippen LogP contribution < -0.4 is 9.64 Å². The zero-order chi connectivity index (χ0) is 19.1. The van der Waals surface area contributed by atoms with E-state index in [1.807, 2.05) is 52.0 Å². The molecule has 1 fully saturated rings. The lowest BCUT2D eigenvalue weighted by molar-refractivity contribution is -0.120. The SMILES string of the molecule is COc1ccc([C@H]2C[C@H](c3ccccc3)n3ncnc3N2C(=O)C2CC2)cc1. The fourth-order valence-electron chi connectivity index (χ4n) is 4.04. The molecule has 2 atom stereocenters. The Morgan fingerprint density at radius 2 is 1.71 bits per heavy atom. The topological polar surface area (TPSA) is 60.2 Å². The van der Waals surface area contributed by atoms with Gasteiger partial charge in [-0.05, 0) is 42.5 Å². The number of benzene rings is 2. The van der Waals surface area contributed by atoms with Gasteiger partial charge in [0.2, 0.25) is 11.9 Å². The van der Waals surface area contributed by atoms with Crippen LogP contribution in [0, 0.1) is 5.92 Å². The molecule has 0 N–H and O–H groups in total. The normalized spacial score (nSPS) is 21.2. The zero-order valence-corrected chi connectivity index (χ0v) is 15.7. The average Bonchev–Trinajstić information content (AvgIpc) is 3.49. The second kappa shape index (κ2) is 6.78. The summed E-state index contributed by atoms with van der Waals surface area (Å²) in [6, 6.07) is 18.3. The number of methoxy groups -OCH3 is 1. The van der Waals surface area contributed by atoms with E-state index in [0.717, 1.165) is 30.6 Å². The van der Waals surface area contributed by atoms with Crippen molar-refractivity contribution in [2.45, 2.75) is 31.3 Å². The first-order valence-electron chi connectivity index (χ1n) is 9.67. The number of ether oxygens (including phenoxy) is 1. The Kier molecular flexibility index (Phi) is 4.11. The molecule has 1 aliphatic heterocycles. The summed E-state index contributed by atoms with van der Waals surface area (Å²) in [5.41, 5.74) is 2.26. The quantitative estimate of drug-likeness (QED) is 0.698. The van der Waals surface area contributed by atoms with Crippen molar-refractivity contribution < 1.29 is 9.53 Å². The third kappa shape index (κ3) is 2.85. The number of carbonyl (C=O) groups excluding carboxylic acids is 1. The standard InChI is InChI=1S/C22H22N4O2/c1-28-18-11-9-16(10-12-18)19-13-20(15-5-3-2-4-6-15)26-22(23-14-24-26)25(19)21(27)17-7-8-17/h2-6,9-12,14,17,19-20H,7-8,13H2,1H3/t19-,20-/m1/s1. The van der Waals surface area contributed by atoms with Crippen molar-refractivity contribution in [1.29, 1.82) is 0 Å². The third-order valence-corrected chi connectivity index (χ3v) is 5.67. The van der Waals surface area contributed by atoms with Crippen LogP contribution in [0.4, 0.5) is 5.95 Å². The van der Waals surface area contributed by atoms with Gasteiger partial charge in [-0.15, -0.1) is 0 Å². The molecule has 6 heteroatoms. The number of carbonyl (C=O) groups is 1. The lowest BCUT2D eigenvalue weighted by atomic mass is 9.91. The van der Waals surface area contributed by atoms with Crippen LogP contribution in [0.15, 0.2) is 60.9 Å². The van der Waals surface area contributed by atoms with Gasteiger partial charge in [0.05, 0.1) is 19.2 Å². The number of hydrogen-bond donors (Lipinski definition) is 0. The van der Waals surface area contributed by atoms with E-state index in [4.69, 9.17) is 4.74 Å². The van der Waals surface area contributed by atoms with Gasteiger partial charge in [-0.3, -0.25) is 9.69 Å². The summed E-state index contributed by atoms with van der Waals surface area (Å²) in [4.78, 5) is 19.5. The zero-order valence-electron chi connectivity index (χ0n) is 15.7. The number of nitrogens with zero attached hydrogens (tertiary/aromatic N) is 4. The Balaban J connectivity index is 1.61. The van der Waals surface area contributed by atoms with Crippen LogP contribution in [0.1, 0.15) is 42.5 Å². The maximum absolute atomic E-state index is 13.2. The molecule has 0 unspecified atom stereocenters. The van der Waals surface area contributed by atoms with Crippen LogP contribution in [0.3, 0.4) is 0 Å². The number of aromatic nitrogens is 3. The van der Waals surface area contributed by atoms with Crippen molar-refractivity contribution in [3.63, 3.8) is 0 Å². The van der Waals surface area contributed by atoms with Crippen molar-refractivity contribution in [2.24, 2.45) is 5.92 Å². The Morgan fingerprint density at radius 1 is 1.00 bits per heavy atom. The minimum Gasteiger partial charge on any atom is -0.497 e. The van der Waals surface area contributed by atoms with Gasteiger partial charge in [0.25, 0.3) is 0 Å². The summed E-state index contributed by atoms with van der Waals surface area (Å²) in [7, 11) is 1.66. The van der Waals surface area contributed by atoms with E-state index in [9.17, 15) is 4.79 Å². The fraction of sp³-hybridized carbons (Fsp3) is 0.318. The molecule has 1 aliphatic carbocycles. The van der Waals surface area contributed by atoms with E-state index in [0.29, 0.717) is 5.95 Å². The van der Waals surface area contributed by atoms with Gasteiger partial charge in [-0.25, -0.2) is 4.68 Å². The van der Waals surface area contributed by atoms with Gasteiger partial charge in [0, 0.05) is 5.92 Å². The Labute approximate surface area is 163 Å². The Bertz CT molecular complexity index is 979. The number of rotatable bonds is 4. The van der Waals surface area contributed by atoms with Crippen molar-refractivity contribution in [3.8, 4) is 5.75 Å². The van der Waals surface area contributed by atoms with Crippen molar-refractivity contribution in [3.05, 3.63) is 72.1 Å². The lowest BCUT2D eigenvalue weighted by Gasteiger charge is -2.39. The summed E-state index contributed by atoms with van der Waals surface area (Å²) in [5.74, 6) is 1.71. The monoisotopic (exact) mass is 374 g/mol. The first-order valence-corrected chi connectivity index (χ1v) is 9.67. The predicted octanol–water partition coefficient (Wildman–Crippen LogP) is 3.76. The highest BCUT2D eigenvalue weighted by atomic mass is 16.5. The van der Waals surface area contributed by atoms with E-state index in [-0.39, 0.29) is 23.9 Å². The van der Waals surface area contributed by atoms with Gasteiger partial charge in [-0.2, -0.15) is 10.1 Å². The molecule has 1 saturated carbocycles. The van der Waals surface area contributed by atoms with Gasteiger partial charge < -0.3 is 4.74 Å². The number of anilines is 1. The van der Waals surface area contributed by atoms with E-state index in [1.54, 1.807) is 13.4 Å². The van der Waals surface area contributed by atoms with E-state index in [1.165, 1.54) is 5.56 Å².